The zero-order valence-corrected chi connectivity index (χ0v) is 12.7. The van der Waals surface area contributed by atoms with Crippen molar-refractivity contribution < 1.29 is 9.90 Å². The third-order valence-electron chi connectivity index (χ3n) is 3.04. The van der Waals surface area contributed by atoms with Crippen LogP contribution in [0.3, 0.4) is 0 Å². The van der Waals surface area contributed by atoms with Crippen molar-refractivity contribution in [3.63, 3.8) is 0 Å². The Kier molecular flexibility index (Phi) is 3.88. The van der Waals surface area contributed by atoms with Gasteiger partial charge in [0.05, 0.1) is 34.7 Å². The molecule has 1 amide bonds. The molecule has 2 N–H and O–H groups in total. The summed E-state index contributed by atoms with van der Waals surface area (Å²) in [6, 6.07) is 6.67. The van der Waals surface area contributed by atoms with Gasteiger partial charge in [-0.25, -0.2) is 9.67 Å². The van der Waals surface area contributed by atoms with E-state index in [-0.39, 0.29) is 11.7 Å². The molecule has 0 radical (unpaired) electrons. The fourth-order valence-electron chi connectivity index (χ4n) is 1.98. The highest BCUT2D eigenvalue weighted by Gasteiger charge is 2.10. The molecule has 1 aromatic carbocycles. The lowest BCUT2D eigenvalue weighted by molar-refractivity contribution is 0.0950. The van der Waals surface area contributed by atoms with Gasteiger partial charge in [-0.2, -0.15) is 5.10 Å². The van der Waals surface area contributed by atoms with Crippen LogP contribution in [0.5, 0.6) is 5.75 Å². The van der Waals surface area contributed by atoms with Gasteiger partial charge in [0.15, 0.2) is 0 Å². The van der Waals surface area contributed by atoms with E-state index >= 15 is 0 Å². The summed E-state index contributed by atoms with van der Waals surface area (Å²) in [5, 5.41) is 19.3. The van der Waals surface area contributed by atoms with Crippen LogP contribution in [-0.4, -0.2) is 25.8 Å². The van der Waals surface area contributed by atoms with Crippen LogP contribution in [0.2, 0.25) is 0 Å². The number of carbonyl (C=O) groups excluding carboxylic acids is 1. The Balaban J connectivity index is 1.69. The van der Waals surface area contributed by atoms with Crippen LogP contribution in [0.15, 0.2) is 42.0 Å². The minimum Gasteiger partial charge on any atom is -0.508 e. The molecule has 0 aliphatic rings. The smallest absolute Gasteiger partial charge is 0.254 e. The number of nitrogens with one attached hydrogen (secondary N) is 1. The summed E-state index contributed by atoms with van der Waals surface area (Å²) in [6.45, 7) is 2.32. The van der Waals surface area contributed by atoms with Crippen LogP contribution in [0.4, 0.5) is 0 Å². The van der Waals surface area contributed by atoms with Crippen molar-refractivity contribution in [2.24, 2.45) is 0 Å². The molecule has 0 fully saturated rings. The number of benzene rings is 1. The van der Waals surface area contributed by atoms with E-state index in [4.69, 9.17) is 0 Å². The van der Waals surface area contributed by atoms with E-state index < -0.39 is 0 Å². The Hall–Kier alpha value is -2.67. The molecule has 2 aromatic heterocycles. The monoisotopic (exact) mass is 314 g/mol. The largest absolute Gasteiger partial charge is 0.508 e. The SMILES string of the molecule is Cc1nc(CNC(=O)c2cnn(-c3cccc(O)c3)c2)cs1. The summed E-state index contributed by atoms with van der Waals surface area (Å²) < 4.78 is 1.54. The van der Waals surface area contributed by atoms with Crippen molar-refractivity contribution in [1.29, 1.82) is 0 Å². The highest BCUT2D eigenvalue weighted by molar-refractivity contribution is 7.09. The van der Waals surface area contributed by atoms with E-state index in [0.717, 1.165) is 10.7 Å². The first-order valence-electron chi connectivity index (χ1n) is 6.65. The molecule has 3 rings (SSSR count). The summed E-state index contributed by atoms with van der Waals surface area (Å²) in [6.07, 6.45) is 3.11. The van der Waals surface area contributed by atoms with Crippen molar-refractivity contribution in [1.82, 2.24) is 20.1 Å². The van der Waals surface area contributed by atoms with Crippen LogP contribution in [0.25, 0.3) is 5.69 Å². The van der Waals surface area contributed by atoms with E-state index in [0.29, 0.717) is 17.8 Å². The van der Waals surface area contributed by atoms with E-state index in [1.54, 1.807) is 46.5 Å². The van der Waals surface area contributed by atoms with Crippen molar-refractivity contribution in [2.75, 3.05) is 0 Å². The molecule has 0 saturated heterocycles. The number of aromatic hydroxyl groups is 1. The number of carbonyl (C=O) groups is 1. The van der Waals surface area contributed by atoms with Gasteiger partial charge in [-0.3, -0.25) is 4.79 Å². The number of aryl methyl sites for hydroxylation is 1. The Bertz CT molecular complexity index is 809. The minimum atomic E-state index is -0.211. The molecule has 0 bridgehead atoms. The third kappa shape index (κ3) is 3.15. The second-order valence-corrected chi connectivity index (χ2v) is 5.80. The highest BCUT2D eigenvalue weighted by Crippen LogP contribution is 2.15. The van der Waals surface area contributed by atoms with Gasteiger partial charge in [-0.05, 0) is 19.1 Å². The zero-order valence-electron chi connectivity index (χ0n) is 11.9. The number of phenolic OH excluding ortho intramolecular Hbond substituents is 1. The minimum absolute atomic E-state index is 0.151. The lowest BCUT2D eigenvalue weighted by Crippen LogP contribution is -2.22. The lowest BCUT2D eigenvalue weighted by Gasteiger charge is -2.02. The van der Waals surface area contributed by atoms with Crippen LogP contribution in [-0.2, 0) is 6.54 Å². The predicted octanol–water partition coefficient (Wildman–Crippen LogP) is 2.27. The normalized spacial score (nSPS) is 10.6. The molecule has 0 saturated carbocycles. The molecule has 6 nitrogen and oxygen atoms in total. The number of hydrogen-bond acceptors (Lipinski definition) is 5. The van der Waals surface area contributed by atoms with E-state index in [1.165, 1.54) is 6.20 Å². The molecule has 0 unspecified atom stereocenters. The Labute approximate surface area is 131 Å². The van der Waals surface area contributed by atoms with E-state index in [1.807, 2.05) is 12.3 Å². The predicted molar refractivity (Wildman–Crippen MR) is 83.3 cm³/mol. The first kappa shape index (κ1) is 14.3. The number of aromatic nitrogens is 3. The maximum atomic E-state index is 12.1. The van der Waals surface area contributed by atoms with Crippen molar-refractivity contribution >= 4 is 17.2 Å². The molecule has 0 aliphatic heterocycles. The first-order valence-corrected chi connectivity index (χ1v) is 7.53. The Morgan fingerprint density at radius 1 is 1.45 bits per heavy atom. The molecule has 0 aliphatic carbocycles. The van der Waals surface area contributed by atoms with Crippen molar-refractivity contribution in [3.05, 3.63) is 58.3 Å². The molecule has 7 heteroatoms. The lowest BCUT2D eigenvalue weighted by atomic mass is 10.3. The molecule has 0 spiro atoms. The van der Waals surface area contributed by atoms with Crippen LogP contribution in [0.1, 0.15) is 21.1 Å². The van der Waals surface area contributed by atoms with Gasteiger partial charge in [0, 0.05) is 17.6 Å². The maximum absolute atomic E-state index is 12.1. The molecule has 112 valence electrons. The second kappa shape index (κ2) is 5.98. The summed E-state index contributed by atoms with van der Waals surface area (Å²) >= 11 is 1.55. The topological polar surface area (TPSA) is 80.0 Å². The van der Waals surface area contributed by atoms with Crippen LogP contribution in [0, 0.1) is 6.92 Å². The number of amides is 1. The summed E-state index contributed by atoms with van der Waals surface area (Å²) in [5.41, 5.74) is 1.99. The summed E-state index contributed by atoms with van der Waals surface area (Å²) in [4.78, 5) is 16.4. The van der Waals surface area contributed by atoms with E-state index in [2.05, 4.69) is 15.4 Å². The number of nitrogens with zero attached hydrogens (tertiary/aromatic N) is 3. The fraction of sp³-hybridized carbons (Fsp3) is 0.133. The molecular weight excluding hydrogens is 300 g/mol. The number of rotatable bonds is 4. The van der Waals surface area contributed by atoms with Gasteiger partial charge in [0.1, 0.15) is 5.75 Å². The average molecular weight is 314 g/mol. The van der Waals surface area contributed by atoms with Crippen LogP contribution >= 0.6 is 11.3 Å². The first-order chi connectivity index (χ1) is 10.6. The van der Waals surface area contributed by atoms with Gasteiger partial charge in [-0.15, -0.1) is 11.3 Å². The third-order valence-corrected chi connectivity index (χ3v) is 3.86. The van der Waals surface area contributed by atoms with Gasteiger partial charge in [-0.1, -0.05) is 6.07 Å². The van der Waals surface area contributed by atoms with Crippen LogP contribution < -0.4 is 5.32 Å². The number of thiazole rings is 1. The fourth-order valence-corrected chi connectivity index (χ4v) is 2.59. The zero-order chi connectivity index (χ0) is 15.5. The summed E-state index contributed by atoms with van der Waals surface area (Å²) in [5.74, 6) is -0.0602. The van der Waals surface area contributed by atoms with Gasteiger partial charge in [0.2, 0.25) is 0 Å². The molecule has 0 atom stereocenters. The second-order valence-electron chi connectivity index (χ2n) is 4.73. The van der Waals surface area contributed by atoms with Crippen molar-refractivity contribution in [3.8, 4) is 11.4 Å². The average Bonchev–Trinajstić information content (AvgIpc) is 3.14. The Morgan fingerprint density at radius 3 is 3.05 bits per heavy atom. The standard InChI is InChI=1S/C15H14N4O2S/c1-10-18-12(9-22-10)7-16-15(21)11-6-17-19(8-11)13-3-2-4-14(20)5-13/h2-6,8-9,20H,7H2,1H3,(H,16,21). The quantitative estimate of drug-likeness (QED) is 0.774. The number of hydrogen-bond donors (Lipinski definition) is 2. The highest BCUT2D eigenvalue weighted by atomic mass is 32.1. The van der Waals surface area contributed by atoms with Gasteiger partial charge >= 0.3 is 0 Å². The van der Waals surface area contributed by atoms with Gasteiger partial charge in [0.25, 0.3) is 5.91 Å². The molecule has 3 aromatic rings. The van der Waals surface area contributed by atoms with E-state index in [9.17, 15) is 9.90 Å². The summed E-state index contributed by atoms with van der Waals surface area (Å²) in [7, 11) is 0. The molecular formula is C15H14N4O2S. The Morgan fingerprint density at radius 2 is 2.32 bits per heavy atom. The molecule has 22 heavy (non-hydrogen) atoms. The number of phenols is 1. The van der Waals surface area contributed by atoms with Gasteiger partial charge < -0.3 is 10.4 Å². The van der Waals surface area contributed by atoms with Crippen molar-refractivity contribution in [2.45, 2.75) is 13.5 Å². The maximum Gasteiger partial charge on any atom is 0.254 e. The molecule has 2 heterocycles.